The Morgan fingerprint density at radius 1 is 1.53 bits per heavy atom. The van der Waals surface area contributed by atoms with Crippen LogP contribution in [0.5, 0.6) is 0 Å². The van der Waals surface area contributed by atoms with Gasteiger partial charge in [0.25, 0.3) is 0 Å². The molecular formula is C13H14ClN3O2. The Bertz CT molecular complexity index is 737. The summed E-state index contributed by atoms with van der Waals surface area (Å²) in [4.78, 5) is 16.1. The van der Waals surface area contributed by atoms with Crippen LogP contribution in [0.25, 0.3) is 10.9 Å². The van der Waals surface area contributed by atoms with E-state index >= 15 is 0 Å². The van der Waals surface area contributed by atoms with Crippen LogP contribution in [0.15, 0.2) is 16.9 Å². The molecule has 3 rings (SSSR count). The maximum Gasteiger partial charge on any atom is 0.349 e. The Morgan fingerprint density at radius 3 is 2.95 bits per heavy atom. The van der Waals surface area contributed by atoms with Gasteiger partial charge in [0.1, 0.15) is 5.82 Å². The average Bonchev–Trinajstić information content (AvgIpc) is 2.67. The Labute approximate surface area is 114 Å². The normalized spacial score (nSPS) is 16.4. The molecule has 1 aliphatic heterocycles. The summed E-state index contributed by atoms with van der Waals surface area (Å²) in [6.45, 7) is 4.45. The smallest absolute Gasteiger partial charge is 0.349 e. The van der Waals surface area contributed by atoms with E-state index in [4.69, 9.17) is 11.6 Å². The number of anilines is 1. The zero-order chi connectivity index (χ0) is 13.8. The van der Waals surface area contributed by atoms with Crippen molar-refractivity contribution >= 4 is 28.3 Å². The molecule has 0 atom stereocenters. The number of benzene rings is 1. The lowest BCUT2D eigenvalue weighted by atomic mass is 10.1. The molecule has 6 heteroatoms. The highest BCUT2D eigenvalue weighted by Gasteiger charge is 2.30. The molecule has 0 fully saturated rings. The molecule has 1 aromatic heterocycles. The second-order valence-electron chi connectivity index (χ2n) is 5.43. The van der Waals surface area contributed by atoms with Gasteiger partial charge in [-0.25, -0.2) is 4.79 Å². The van der Waals surface area contributed by atoms with E-state index in [0.29, 0.717) is 22.6 Å². The zero-order valence-corrected chi connectivity index (χ0v) is 11.5. The van der Waals surface area contributed by atoms with Gasteiger partial charge in [0.2, 0.25) is 0 Å². The van der Waals surface area contributed by atoms with E-state index in [9.17, 15) is 9.90 Å². The van der Waals surface area contributed by atoms with Crippen LogP contribution < -0.4 is 11.0 Å². The Kier molecular flexibility index (Phi) is 2.59. The Morgan fingerprint density at radius 2 is 2.26 bits per heavy atom. The minimum atomic E-state index is -0.322. The molecule has 0 saturated carbocycles. The largest absolute Gasteiger partial charge is 0.392 e. The van der Waals surface area contributed by atoms with Crippen LogP contribution in [0, 0.1) is 0 Å². The lowest BCUT2D eigenvalue weighted by molar-refractivity contribution is 0.282. The fourth-order valence-corrected chi connectivity index (χ4v) is 2.73. The zero-order valence-electron chi connectivity index (χ0n) is 10.7. The number of rotatable bonds is 1. The summed E-state index contributed by atoms with van der Waals surface area (Å²) in [6.07, 6.45) is 0. The van der Waals surface area contributed by atoms with Gasteiger partial charge in [-0.2, -0.15) is 4.98 Å². The van der Waals surface area contributed by atoms with Crippen LogP contribution in [-0.2, 0) is 13.2 Å². The van der Waals surface area contributed by atoms with Crippen molar-refractivity contribution in [2.75, 3.05) is 5.32 Å². The summed E-state index contributed by atoms with van der Waals surface area (Å²) in [7, 11) is 0. The molecular weight excluding hydrogens is 266 g/mol. The number of halogens is 1. The summed E-state index contributed by atoms with van der Waals surface area (Å²) < 4.78 is 1.62. The number of nitrogens with one attached hydrogen (secondary N) is 1. The molecule has 2 aromatic rings. The quantitative estimate of drug-likeness (QED) is 0.834. The van der Waals surface area contributed by atoms with Crippen LogP contribution in [0.2, 0.25) is 5.02 Å². The molecule has 1 aliphatic rings. The number of aromatic nitrogens is 2. The topological polar surface area (TPSA) is 67.1 Å². The van der Waals surface area contributed by atoms with Gasteiger partial charge in [-0.1, -0.05) is 17.7 Å². The molecule has 19 heavy (non-hydrogen) atoms. The number of aliphatic hydroxyl groups is 1. The number of fused-ring (bicyclic) bond motifs is 3. The summed E-state index contributed by atoms with van der Waals surface area (Å²) in [5.74, 6) is 0.742. The third-order valence-electron chi connectivity index (χ3n) is 3.34. The average molecular weight is 280 g/mol. The predicted molar refractivity (Wildman–Crippen MR) is 74.6 cm³/mol. The van der Waals surface area contributed by atoms with E-state index < -0.39 is 0 Å². The van der Waals surface area contributed by atoms with Gasteiger partial charge in [-0.05, 0) is 25.5 Å². The van der Waals surface area contributed by atoms with E-state index in [1.807, 2.05) is 19.9 Å². The van der Waals surface area contributed by atoms with Crippen molar-refractivity contribution in [3.8, 4) is 0 Å². The molecule has 0 saturated heterocycles. The molecule has 0 radical (unpaired) electrons. The van der Waals surface area contributed by atoms with Crippen molar-refractivity contribution in [1.29, 1.82) is 0 Å². The lowest BCUT2D eigenvalue weighted by Gasteiger charge is -2.16. The first kappa shape index (κ1) is 12.4. The van der Waals surface area contributed by atoms with Gasteiger partial charge >= 0.3 is 5.69 Å². The highest BCUT2D eigenvalue weighted by molar-refractivity contribution is 6.36. The van der Waals surface area contributed by atoms with Crippen LogP contribution in [0.1, 0.15) is 19.4 Å². The van der Waals surface area contributed by atoms with E-state index in [-0.39, 0.29) is 17.8 Å². The molecule has 2 N–H and O–H groups in total. The number of hydrogen-bond donors (Lipinski definition) is 2. The van der Waals surface area contributed by atoms with Crippen molar-refractivity contribution in [2.45, 2.75) is 32.5 Å². The fraction of sp³-hybridized carbons (Fsp3) is 0.385. The first-order valence-electron chi connectivity index (χ1n) is 6.04. The van der Waals surface area contributed by atoms with Crippen molar-refractivity contribution in [2.24, 2.45) is 0 Å². The third-order valence-corrected chi connectivity index (χ3v) is 3.76. The lowest BCUT2D eigenvalue weighted by Crippen LogP contribution is -2.30. The molecule has 2 heterocycles. The Balaban J connectivity index is 2.38. The predicted octanol–water partition coefficient (Wildman–Crippen LogP) is 1.75. The third kappa shape index (κ3) is 1.81. The van der Waals surface area contributed by atoms with Crippen LogP contribution >= 0.6 is 11.6 Å². The molecule has 0 spiro atoms. The molecule has 1 aromatic carbocycles. The summed E-state index contributed by atoms with van der Waals surface area (Å²) in [5, 5.41) is 13.7. The standard InChI is InChI=1S/C13H14ClN3O2/c1-13(2)6-17-11(16-13)8-4-3-7(5-18)9(14)10(8)15-12(17)19/h3-4,16,18H,5-6H2,1-2H3. The molecule has 0 aliphatic carbocycles. The number of hydrogen-bond acceptors (Lipinski definition) is 4. The van der Waals surface area contributed by atoms with E-state index in [0.717, 1.165) is 11.2 Å². The maximum atomic E-state index is 12.1. The maximum absolute atomic E-state index is 12.1. The monoisotopic (exact) mass is 279 g/mol. The summed E-state index contributed by atoms with van der Waals surface area (Å²) in [5.41, 5.74) is 0.500. The van der Waals surface area contributed by atoms with E-state index in [1.165, 1.54) is 0 Å². The van der Waals surface area contributed by atoms with Crippen LogP contribution in [0.3, 0.4) is 0 Å². The van der Waals surface area contributed by atoms with Gasteiger partial charge in [-0.15, -0.1) is 0 Å². The Hall–Kier alpha value is -1.59. The van der Waals surface area contributed by atoms with Crippen LogP contribution in [-0.4, -0.2) is 20.2 Å². The minimum absolute atomic E-state index is 0.173. The van der Waals surface area contributed by atoms with Crippen molar-refractivity contribution < 1.29 is 5.11 Å². The summed E-state index contributed by atoms with van der Waals surface area (Å²) >= 11 is 6.19. The van der Waals surface area contributed by atoms with Gasteiger partial charge in [0.05, 0.1) is 29.2 Å². The van der Waals surface area contributed by atoms with E-state index in [2.05, 4.69) is 10.3 Å². The molecule has 100 valence electrons. The van der Waals surface area contributed by atoms with Crippen LogP contribution in [0.4, 0.5) is 5.82 Å². The van der Waals surface area contributed by atoms with Gasteiger partial charge in [0.15, 0.2) is 0 Å². The number of nitrogens with zero attached hydrogens (tertiary/aromatic N) is 2. The summed E-state index contributed by atoms with van der Waals surface area (Å²) in [6, 6.07) is 3.59. The SMILES string of the molecule is CC1(C)Cn2c(c3ccc(CO)c(Cl)c3nc2=O)N1. The van der Waals surface area contributed by atoms with Crippen molar-refractivity contribution in [3.05, 3.63) is 33.2 Å². The number of aliphatic hydroxyl groups excluding tert-OH is 1. The van der Waals surface area contributed by atoms with Gasteiger partial charge in [-0.3, -0.25) is 4.57 Å². The first-order chi connectivity index (χ1) is 8.93. The molecule has 0 unspecified atom stereocenters. The fourth-order valence-electron chi connectivity index (χ4n) is 2.46. The highest BCUT2D eigenvalue weighted by Crippen LogP contribution is 2.34. The first-order valence-corrected chi connectivity index (χ1v) is 6.42. The minimum Gasteiger partial charge on any atom is -0.392 e. The highest BCUT2D eigenvalue weighted by atomic mass is 35.5. The second kappa shape index (κ2) is 3.95. The molecule has 5 nitrogen and oxygen atoms in total. The van der Waals surface area contributed by atoms with Crippen molar-refractivity contribution in [3.63, 3.8) is 0 Å². The second-order valence-corrected chi connectivity index (χ2v) is 5.81. The van der Waals surface area contributed by atoms with E-state index in [1.54, 1.807) is 10.6 Å². The van der Waals surface area contributed by atoms with Gasteiger partial charge in [0, 0.05) is 5.39 Å². The molecule has 0 amide bonds. The van der Waals surface area contributed by atoms with Crippen molar-refractivity contribution in [1.82, 2.24) is 9.55 Å². The molecule has 0 bridgehead atoms. The van der Waals surface area contributed by atoms with Gasteiger partial charge < -0.3 is 10.4 Å².